The summed E-state index contributed by atoms with van der Waals surface area (Å²) in [6, 6.07) is 9.72. The minimum Gasteiger partial charge on any atom is -0.504 e. The molecule has 0 spiro atoms. The van der Waals surface area contributed by atoms with Crippen LogP contribution in [0, 0.1) is 0 Å². The number of phenols is 1. The van der Waals surface area contributed by atoms with Crippen LogP contribution in [0.4, 0.5) is 0 Å². The standard InChI is InChI=1S/C17H15NO2/c19-15-13-9-5-4-8-12(13)10-14-16(15)20-17(18-14)11-6-2-1-3-7-11/h2,4-6,8-11,19H,1,3,7H2. The fourth-order valence-corrected chi connectivity index (χ4v) is 2.90. The van der Waals surface area contributed by atoms with Crippen LogP contribution in [-0.2, 0) is 0 Å². The first-order valence-corrected chi connectivity index (χ1v) is 7.01. The zero-order valence-corrected chi connectivity index (χ0v) is 11.0. The quantitative estimate of drug-likeness (QED) is 0.658. The predicted molar refractivity (Wildman–Crippen MR) is 78.9 cm³/mol. The van der Waals surface area contributed by atoms with Crippen molar-refractivity contribution in [2.75, 3.05) is 0 Å². The molecule has 1 heterocycles. The zero-order valence-electron chi connectivity index (χ0n) is 11.0. The zero-order chi connectivity index (χ0) is 13.5. The Morgan fingerprint density at radius 3 is 3.00 bits per heavy atom. The summed E-state index contributed by atoms with van der Waals surface area (Å²) in [4.78, 5) is 4.57. The number of hydrogen-bond donors (Lipinski definition) is 1. The molecule has 1 aromatic heterocycles. The molecule has 0 amide bonds. The summed E-state index contributed by atoms with van der Waals surface area (Å²) in [5.74, 6) is 1.14. The molecular formula is C17H15NO2. The maximum atomic E-state index is 10.4. The summed E-state index contributed by atoms with van der Waals surface area (Å²) in [6.07, 6.45) is 7.69. The van der Waals surface area contributed by atoms with E-state index in [0.29, 0.717) is 11.5 Å². The van der Waals surface area contributed by atoms with Crippen LogP contribution < -0.4 is 0 Å². The van der Waals surface area contributed by atoms with Gasteiger partial charge in [-0.15, -0.1) is 0 Å². The lowest BCUT2D eigenvalue weighted by atomic mass is 9.96. The van der Waals surface area contributed by atoms with Gasteiger partial charge in [-0.1, -0.05) is 36.4 Å². The molecular weight excluding hydrogens is 250 g/mol. The molecule has 0 aliphatic heterocycles. The second-order valence-corrected chi connectivity index (χ2v) is 5.31. The van der Waals surface area contributed by atoms with E-state index in [2.05, 4.69) is 17.1 Å². The van der Waals surface area contributed by atoms with E-state index >= 15 is 0 Å². The summed E-state index contributed by atoms with van der Waals surface area (Å²) >= 11 is 0. The molecule has 3 nitrogen and oxygen atoms in total. The molecule has 0 radical (unpaired) electrons. The first-order valence-electron chi connectivity index (χ1n) is 7.01. The Morgan fingerprint density at radius 1 is 1.25 bits per heavy atom. The van der Waals surface area contributed by atoms with E-state index in [1.807, 2.05) is 30.3 Å². The molecule has 1 unspecified atom stereocenters. The van der Waals surface area contributed by atoms with Gasteiger partial charge in [0.15, 0.2) is 11.3 Å². The van der Waals surface area contributed by atoms with Gasteiger partial charge < -0.3 is 9.52 Å². The van der Waals surface area contributed by atoms with E-state index in [9.17, 15) is 5.11 Å². The number of fused-ring (bicyclic) bond motifs is 2. The van der Waals surface area contributed by atoms with Gasteiger partial charge in [0, 0.05) is 5.39 Å². The Morgan fingerprint density at radius 2 is 2.15 bits per heavy atom. The van der Waals surface area contributed by atoms with Gasteiger partial charge in [0.05, 0.1) is 5.92 Å². The summed E-state index contributed by atoms with van der Waals surface area (Å²) in [5, 5.41) is 12.2. The van der Waals surface area contributed by atoms with E-state index in [1.54, 1.807) is 0 Å². The number of benzene rings is 2. The lowest BCUT2D eigenvalue weighted by Gasteiger charge is -2.11. The minimum atomic E-state index is 0.191. The van der Waals surface area contributed by atoms with Crippen molar-refractivity contribution in [2.24, 2.45) is 0 Å². The van der Waals surface area contributed by atoms with Crippen LogP contribution in [0.25, 0.3) is 21.9 Å². The van der Waals surface area contributed by atoms with Crippen LogP contribution in [0.5, 0.6) is 5.75 Å². The maximum absolute atomic E-state index is 10.4. The van der Waals surface area contributed by atoms with Crippen LogP contribution in [0.3, 0.4) is 0 Å². The van der Waals surface area contributed by atoms with Crippen LogP contribution in [0.1, 0.15) is 31.1 Å². The van der Waals surface area contributed by atoms with Gasteiger partial charge in [-0.2, -0.15) is 0 Å². The number of oxazole rings is 1. The number of aromatic nitrogens is 1. The lowest BCUT2D eigenvalue weighted by molar-refractivity contribution is 0.445. The Balaban J connectivity index is 1.94. The van der Waals surface area contributed by atoms with Gasteiger partial charge in [-0.3, -0.25) is 0 Å². The van der Waals surface area contributed by atoms with Crippen molar-refractivity contribution >= 4 is 21.9 Å². The highest BCUT2D eigenvalue weighted by atomic mass is 16.4. The third-order valence-electron chi connectivity index (χ3n) is 3.96. The van der Waals surface area contributed by atoms with Crippen LogP contribution in [0.2, 0.25) is 0 Å². The van der Waals surface area contributed by atoms with Crippen molar-refractivity contribution in [3.05, 3.63) is 48.4 Å². The molecule has 1 N–H and O–H groups in total. The van der Waals surface area contributed by atoms with E-state index in [4.69, 9.17) is 4.42 Å². The van der Waals surface area contributed by atoms with Crippen LogP contribution in [0.15, 0.2) is 46.9 Å². The Bertz CT molecular complexity index is 816. The number of phenolic OH excluding ortho intramolecular Hbond substituents is 1. The average Bonchev–Trinajstić information content (AvgIpc) is 2.93. The summed E-state index contributed by atoms with van der Waals surface area (Å²) in [7, 11) is 0. The molecule has 3 aromatic rings. The summed E-state index contributed by atoms with van der Waals surface area (Å²) in [6.45, 7) is 0. The van der Waals surface area contributed by atoms with Gasteiger partial charge in [0.2, 0.25) is 5.89 Å². The van der Waals surface area contributed by atoms with Crippen molar-refractivity contribution in [1.29, 1.82) is 0 Å². The molecule has 20 heavy (non-hydrogen) atoms. The molecule has 2 aromatic carbocycles. The third kappa shape index (κ3) is 1.70. The topological polar surface area (TPSA) is 46.3 Å². The molecule has 4 rings (SSSR count). The number of nitrogens with zero attached hydrogens (tertiary/aromatic N) is 1. The van der Waals surface area contributed by atoms with Gasteiger partial charge in [0.25, 0.3) is 0 Å². The Hall–Kier alpha value is -2.29. The van der Waals surface area contributed by atoms with Crippen molar-refractivity contribution in [3.8, 4) is 5.75 Å². The molecule has 100 valence electrons. The van der Waals surface area contributed by atoms with Crippen LogP contribution in [-0.4, -0.2) is 10.1 Å². The molecule has 1 aliphatic rings. The van der Waals surface area contributed by atoms with Crippen LogP contribution >= 0.6 is 0 Å². The van der Waals surface area contributed by atoms with Gasteiger partial charge in [0.1, 0.15) is 5.52 Å². The summed E-state index contributed by atoms with van der Waals surface area (Å²) < 4.78 is 5.83. The Kier molecular flexibility index (Phi) is 2.52. The predicted octanol–water partition coefficient (Wildman–Crippen LogP) is 4.51. The summed E-state index contributed by atoms with van der Waals surface area (Å²) in [5.41, 5.74) is 1.23. The molecule has 1 aliphatic carbocycles. The number of rotatable bonds is 1. The minimum absolute atomic E-state index is 0.191. The second-order valence-electron chi connectivity index (χ2n) is 5.31. The number of hydrogen-bond acceptors (Lipinski definition) is 3. The molecule has 0 saturated carbocycles. The molecule has 1 atom stereocenters. The van der Waals surface area contributed by atoms with Crippen molar-refractivity contribution in [3.63, 3.8) is 0 Å². The average molecular weight is 265 g/mol. The fraction of sp³-hybridized carbons (Fsp3) is 0.235. The first kappa shape index (κ1) is 11.5. The van der Waals surface area contributed by atoms with Crippen molar-refractivity contribution < 1.29 is 9.52 Å². The molecule has 3 heteroatoms. The highest BCUT2D eigenvalue weighted by molar-refractivity contribution is 6.01. The Labute approximate surface area is 116 Å². The first-order chi connectivity index (χ1) is 9.83. The third-order valence-corrected chi connectivity index (χ3v) is 3.96. The molecule has 0 saturated heterocycles. The van der Waals surface area contributed by atoms with E-state index in [0.717, 1.165) is 35.6 Å². The van der Waals surface area contributed by atoms with Crippen molar-refractivity contribution in [2.45, 2.75) is 25.2 Å². The highest BCUT2D eigenvalue weighted by Gasteiger charge is 2.19. The molecule has 0 fully saturated rings. The number of allylic oxidation sites excluding steroid dienone is 2. The van der Waals surface area contributed by atoms with E-state index < -0.39 is 0 Å². The second kappa shape index (κ2) is 4.37. The van der Waals surface area contributed by atoms with E-state index in [-0.39, 0.29) is 11.7 Å². The monoisotopic (exact) mass is 265 g/mol. The smallest absolute Gasteiger partial charge is 0.202 e. The number of aromatic hydroxyl groups is 1. The van der Waals surface area contributed by atoms with Gasteiger partial charge >= 0.3 is 0 Å². The fourth-order valence-electron chi connectivity index (χ4n) is 2.90. The lowest BCUT2D eigenvalue weighted by Crippen LogP contribution is -1.98. The van der Waals surface area contributed by atoms with Gasteiger partial charge in [-0.25, -0.2) is 4.98 Å². The molecule has 0 bridgehead atoms. The highest BCUT2D eigenvalue weighted by Crippen LogP contribution is 2.37. The SMILES string of the molecule is Oc1c2ccccc2cc2nc(C3C=CCCC3)oc12. The van der Waals surface area contributed by atoms with E-state index in [1.165, 1.54) is 0 Å². The maximum Gasteiger partial charge on any atom is 0.202 e. The largest absolute Gasteiger partial charge is 0.504 e. The van der Waals surface area contributed by atoms with Gasteiger partial charge in [-0.05, 0) is 30.7 Å². The van der Waals surface area contributed by atoms with Crippen molar-refractivity contribution in [1.82, 2.24) is 4.98 Å². The normalized spacial score (nSPS) is 18.9.